The summed E-state index contributed by atoms with van der Waals surface area (Å²) in [7, 11) is 0. The normalized spacial score (nSPS) is 10.9. The van der Waals surface area contributed by atoms with Gasteiger partial charge >= 0.3 is 0 Å². The van der Waals surface area contributed by atoms with Crippen LogP contribution in [0.5, 0.6) is 0 Å². The largest absolute Gasteiger partial charge is 0.395 e. The Morgan fingerprint density at radius 3 is 1.82 bits per heavy atom. The molecule has 0 saturated carbocycles. The Balaban J connectivity index is 1.80. The maximum absolute atomic E-state index is 9.05. The van der Waals surface area contributed by atoms with Crippen LogP contribution in [0.4, 0.5) is 23.5 Å². The number of anilines is 4. The van der Waals surface area contributed by atoms with Gasteiger partial charge in [0.25, 0.3) is 0 Å². The summed E-state index contributed by atoms with van der Waals surface area (Å²) >= 11 is 0. The van der Waals surface area contributed by atoms with E-state index < -0.39 is 0 Å². The van der Waals surface area contributed by atoms with Crippen molar-refractivity contribution in [2.24, 2.45) is 0 Å². The highest BCUT2D eigenvalue weighted by molar-refractivity contribution is 5.56. The maximum Gasteiger partial charge on any atom is 0.233 e. The van der Waals surface area contributed by atoms with Crippen molar-refractivity contribution < 1.29 is 10.2 Å². The van der Waals surface area contributed by atoms with E-state index in [1.165, 1.54) is 69.8 Å². The fraction of sp³-hybridized carbons (Fsp3) is 0.640. The van der Waals surface area contributed by atoms with Gasteiger partial charge in [-0.2, -0.15) is 15.0 Å². The lowest BCUT2D eigenvalue weighted by Gasteiger charge is -2.11. The smallest absolute Gasteiger partial charge is 0.233 e. The van der Waals surface area contributed by atoms with Gasteiger partial charge in [-0.3, -0.25) is 0 Å². The van der Waals surface area contributed by atoms with Gasteiger partial charge in [-0.1, -0.05) is 76.8 Å². The minimum atomic E-state index is -0.0190. The van der Waals surface area contributed by atoms with Crippen molar-refractivity contribution in [2.45, 2.75) is 77.6 Å². The van der Waals surface area contributed by atoms with Crippen LogP contribution >= 0.6 is 0 Å². The monoisotopic (exact) mass is 458 g/mol. The van der Waals surface area contributed by atoms with Crippen LogP contribution in [0.25, 0.3) is 0 Å². The lowest BCUT2D eigenvalue weighted by Crippen LogP contribution is -2.14. The molecule has 0 bridgehead atoms. The van der Waals surface area contributed by atoms with Gasteiger partial charge in [0.1, 0.15) is 0 Å². The molecule has 0 unspecified atom stereocenters. The van der Waals surface area contributed by atoms with Gasteiger partial charge in [0.15, 0.2) is 0 Å². The quantitative estimate of drug-likeness (QED) is 0.189. The number of rotatable bonds is 19. The molecule has 1 aromatic carbocycles. The van der Waals surface area contributed by atoms with Crippen molar-refractivity contribution in [1.82, 2.24) is 15.0 Å². The van der Waals surface area contributed by atoms with Crippen LogP contribution in [0.2, 0.25) is 0 Å². The summed E-state index contributed by atoms with van der Waals surface area (Å²) < 4.78 is 0. The fourth-order valence-corrected chi connectivity index (χ4v) is 3.68. The second-order valence-electron chi connectivity index (χ2n) is 8.36. The highest BCUT2D eigenvalue weighted by atomic mass is 16.3. The maximum atomic E-state index is 9.05. The molecule has 0 aliphatic carbocycles. The topological polar surface area (TPSA) is 115 Å². The van der Waals surface area contributed by atoms with Crippen LogP contribution in [-0.2, 0) is 6.42 Å². The Kier molecular flexibility index (Phi) is 13.9. The van der Waals surface area contributed by atoms with Crippen molar-refractivity contribution in [3.63, 3.8) is 0 Å². The molecule has 0 atom stereocenters. The number of aliphatic hydroxyl groups is 2. The van der Waals surface area contributed by atoms with Crippen molar-refractivity contribution >= 4 is 23.5 Å². The molecule has 8 nitrogen and oxygen atoms in total. The van der Waals surface area contributed by atoms with Crippen molar-refractivity contribution in [2.75, 3.05) is 42.3 Å². The van der Waals surface area contributed by atoms with E-state index in [0.29, 0.717) is 30.9 Å². The van der Waals surface area contributed by atoms with Crippen LogP contribution in [0, 0.1) is 0 Å². The van der Waals surface area contributed by atoms with Gasteiger partial charge in [0.05, 0.1) is 13.2 Å². The first-order chi connectivity index (χ1) is 16.2. The first kappa shape index (κ1) is 26.8. The zero-order valence-corrected chi connectivity index (χ0v) is 20.2. The van der Waals surface area contributed by atoms with Gasteiger partial charge in [-0.05, 0) is 30.5 Å². The number of unbranched alkanes of at least 4 members (excludes halogenated alkanes) is 9. The summed E-state index contributed by atoms with van der Waals surface area (Å²) in [4.78, 5) is 13.0. The van der Waals surface area contributed by atoms with Gasteiger partial charge in [-0.25, -0.2) is 0 Å². The van der Waals surface area contributed by atoms with Crippen LogP contribution in [0.1, 0.15) is 76.7 Å². The van der Waals surface area contributed by atoms with Crippen LogP contribution < -0.4 is 16.0 Å². The molecule has 2 aromatic rings. The third-order valence-electron chi connectivity index (χ3n) is 5.43. The number of aryl methyl sites for hydroxylation is 1. The lowest BCUT2D eigenvalue weighted by molar-refractivity contribution is 0.310. The van der Waals surface area contributed by atoms with E-state index in [4.69, 9.17) is 10.2 Å². The Bertz CT molecular complexity index is 748. The Morgan fingerprint density at radius 1 is 0.697 bits per heavy atom. The molecule has 0 fully saturated rings. The number of aliphatic hydroxyl groups excluding tert-OH is 2. The average molecular weight is 459 g/mol. The van der Waals surface area contributed by atoms with E-state index in [1.54, 1.807) is 0 Å². The molecule has 5 N–H and O–H groups in total. The van der Waals surface area contributed by atoms with Crippen molar-refractivity contribution in [1.29, 1.82) is 0 Å². The van der Waals surface area contributed by atoms with Gasteiger partial charge in [0, 0.05) is 18.8 Å². The Hall–Kier alpha value is -2.45. The molecular formula is C25H42N6O2. The number of nitrogens with one attached hydrogen (secondary N) is 3. The van der Waals surface area contributed by atoms with Gasteiger partial charge in [-0.15, -0.1) is 0 Å². The minimum Gasteiger partial charge on any atom is -0.395 e. The average Bonchev–Trinajstić information content (AvgIpc) is 2.83. The fourth-order valence-electron chi connectivity index (χ4n) is 3.68. The summed E-state index contributed by atoms with van der Waals surface area (Å²) in [5, 5.41) is 27.3. The molecular weight excluding hydrogens is 416 g/mol. The first-order valence-corrected chi connectivity index (χ1v) is 12.6. The zero-order chi connectivity index (χ0) is 23.6. The molecule has 0 spiro atoms. The molecule has 1 aromatic heterocycles. The minimum absolute atomic E-state index is 0.0190. The second kappa shape index (κ2) is 17.1. The molecule has 1 heterocycles. The summed E-state index contributed by atoms with van der Waals surface area (Å²) in [6, 6.07) is 8.34. The van der Waals surface area contributed by atoms with E-state index >= 15 is 0 Å². The van der Waals surface area contributed by atoms with E-state index in [0.717, 1.165) is 12.1 Å². The molecule has 0 aliphatic heterocycles. The molecule has 8 heteroatoms. The Labute approximate surface area is 198 Å². The Morgan fingerprint density at radius 2 is 1.24 bits per heavy atom. The van der Waals surface area contributed by atoms with E-state index in [2.05, 4.69) is 50.0 Å². The third kappa shape index (κ3) is 11.8. The predicted molar refractivity (Wildman–Crippen MR) is 136 cm³/mol. The standard InChI is InChI=1S/C25H42N6O2/c1-2-3-4-5-6-7-8-9-10-11-13-21-14-12-15-22(20-21)28-25-30-23(26-16-18-32)29-24(31-25)27-17-19-33/h12,14-15,20,32-33H,2-11,13,16-19H2,1H3,(H3,26,27,28,29,30,31). The molecule has 33 heavy (non-hydrogen) atoms. The number of benzene rings is 1. The summed E-state index contributed by atoms with van der Waals surface area (Å²) in [6.07, 6.45) is 14.5. The molecule has 0 aliphatic rings. The molecule has 0 radical (unpaired) electrons. The second-order valence-corrected chi connectivity index (χ2v) is 8.36. The van der Waals surface area contributed by atoms with Gasteiger partial charge < -0.3 is 26.2 Å². The molecule has 2 rings (SSSR count). The van der Waals surface area contributed by atoms with Crippen LogP contribution in [0.3, 0.4) is 0 Å². The van der Waals surface area contributed by atoms with E-state index in [-0.39, 0.29) is 13.2 Å². The highest BCUT2D eigenvalue weighted by Crippen LogP contribution is 2.19. The molecule has 0 saturated heterocycles. The molecule has 184 valence electrons. The predicted octanol–water partition coefficient (Wildman–Crippen LogP) is 4.89. The van der Waals surface area contributed by atoms with Crippen molar-refractivity contribution in [3.8, 4) is 0 Å². The number of hydrogen-bond donors (Lipinski definition) is 5. The van der Waals surface area contributed by atoms with Gasteiger partial charge in [0.2, 0.25) is 17.8 Å². The van der Waals surface area contributed by atoms with Crippen molar-refractivity contribution in [3.05, 3.63) is 29.8 Å². The highest BCUT2D eigenvalue weighted by Gasteiger charge is 2.07. The number of nitrogens with zero attached hydrogens (tertiary/aromatic N) is 3. The summed E-state index contributed by atoms with van der Waals surface area (Å²) in [6.45, 7) is 2.92. The van der Waals surface area contributed by atoms with E-state index in [1.807, 2.05) is 12.1 Å². The molecule has 0 amide bonds. The number of hydrogen-bond acceptors (Lipinski definition) is 8. The van der Waals surface area contributed by atoms with Crippen LogP contribution in [0.15, 0.2) is 24.3 Å². The van der Waals surface area contributed by atoms with Crippen LogP contribution in [-0.4, -0.2) is 51.5 Å². The zero-order valence-electron chi connectivity index (χ0n) is 20.2. The SMILES string of the molecule is CCCCCCCCCCCCc1cccc(Nc2nc(NCCO)nc(NCCO)n2)c1. The van der Waals surface area contributed by atoms with E-state index in [9.17, 15) is 0 Å². The first-order valence-electron chi connectivity index (χ1n) is 12.6. The third-order valence-corrected chi connectivity index (χ3v) is 5.43. The number of aromatic nitrogens is 3. The summed E-state index contributed by atoms with van der Waals surface area (Å²) in [5.41, 5.74) is 2.22. The summed E-state index contributed by atoms with van der Waals surface area (Å²) in [5.74, 6) is 1.13. The lowest BCUT2D eigenvalue weighted by atomic mass is 10.0.